The molecule has 0 aliphatic rings. The molecule has 0 atom stereocenters. The molecular weight excluding hydrogens is 470 g/mol. The van der Waals surface area contributed by atoms with Crippen LogP contribution in [0.1, 0.15) is 28.4 Å². The van der Waals surface area contributed by atoms with Crippen molar-refractivity contribution in [2.45, 2.75) is 25.2 Å². The predicted octanol–water partition coefficient (Wildman–Crippen LogP) is 3.21. The number of hydrazine groups is 1. The molecule has 0 bridgehead atoms. The molecule has 10 heteroatoms. The molecular formula is C25H27N3O6S. The minimum atomic E-state index is -4.07. The Bertz CT molecular complexity index is 1310. The molecule has 184 valence electrons. The largest absolute Gasteiger partial charge is 0.495 e. The van der Waals surface area contributed by atoms with E-state index in [-0.39, 0.29) is 22.8 Å². The van der Waals surface area contributed by atoms with E-state index in [0.29, 0.717) is 11.4 Å². The minimum absolute atomic E-state index is 0.00686. The highest BCUT2D eigenvalue weighted by molar-refractivity contribution is 7.92. The second-order valence-electron chi connectivity index (χ2n) is 7.63. The van der Waals surface area contributed by atoms with E-state index in [0.717, 1.165) is 17.5 Å². The lowest BCUT2D eigenvalue weighted by molar-refractivity contribution is -0.123. The summed E-state index contributed by atoms with van der Waals surface area (Å²) in [7, 11) is -2.74. The lowest BCUT2D eigenvalue weighted by Gasteiger charge is -2.14. The first-order valence-electron chi connectivity index (χ1n) is 10.8. The fourth-order valence-corrected chi connectivity index (χ4v) is 4.39. The Morgan fingerprint density at radius 2 is 1.69 bits per heavy atom. The highest BCUT2D eigenvalue weighted by Gasteiger charge is 2.22. The maximum absolute atomic E-state index is 13.0. The van der Waals surface area contributed by atoms with E-state index in [1.54, 1.807) is 30.3 Å². The van der Waals surface area contributed by atoms with Crippen LogP contribution >= 0.6 is 0 Å². The normalized spacial score (nSPS) is 10.8. The van der Waals surface area contributed by atoms with Crippen LogP contribution in [0.5, 0.6) is 11.5 Å². The van der Waals surface area contributed by atoms with Crippen molar-refractivity contribution in [1.82, 2.24) is 10.9 Å². The summed E-state index contributed by atoms with van der Waals surface area (Å²) in [5.41, 5.74) is 6.92. The summed E-state index contributed by atoms with van der Waals surface area (Å²) in [5.74, 6) is -0.707. The number of sulfonamides is 1. The van der Waals surface area contributed by atoms with Crippen LogP contribution in [0.15, 0.2) is 71.6 Å². The lowest BCUT2D eigenvalue weighted by Crippen LogP contribution is -2.43. The summed E-state index contributed by atoms with van der Waals surface area (Å²) in [5, 5.41) is 0. The number of methoxy groups -OCH3 is 1. The third-order valence-electron chi connectivity index (χ3n) is 5.00. The average Bonchev–Trinajstić information content (AvgIpc) is 2.86. The molecule has 0 aliphatic carbocycles. The fourth-order valence-electron chi connectivity index (χ4n) is 3.14. The summed E-state index contributed by atoms with van der Waals surface area (Å²) in [4.78, 5) is 24.4. The highest BCUT2D eigenvalue weighted by Crippen LogP contribution is 2.27. The van der Waals surface area contributed by atoms with Crippen molar-refractivity contribution in [3.05, 3.63) is 83.4 Å². The van der Waals surface area contributed by atoms with Gasteiger partial charge in [-0.25, -0.2) is 8.42 Å². The Kier molecular flexibility index (Phi) is 8.32. The number of nitrogens with one attached hydrogen (secondary N) is 3. The highest BCUT2D eigenvalue weighted by atomic mass is 32.2. The van der Waals surface area contributed by atoms with E-state index in [4.69, 9.17) is 9.47 Å². The van der Waals surface area contributed by atoms with Crippen molar-refractivity contribution in [1.29, 1.82) is 0 Å². The predicted molar refractivity (Wildman–Crippen MR) is 132 cm³/mol. The number of amides is 2. The first-order valence-corrected chi connectivity index (χ1v) is 12.3. The van der Waals surface area contributed by atoms with E-state index in [1.165, 1.54) is 25.3 Å². The fraction of sp³-hybridized carbons (Fsp3) is 0.200. The smallest absolute Gasteiger partial charge is 0.276 e. The molecule has 35 heavy (non-hydrogen) atoms. The van der Waals surface area contributed by atoms with Gasteiger partial charge in [0.25, 0.3) is 21.8 Å². The second-order valence-corrected chi connectivity index (χ2v) is 9.28. The van der Waals surface area contributed by atoms with Gasteiger partial charge in [-0.3, -0.25) is 25.2 Å². The number of hydrogen-bond acceptors (Lipinski definition) is 6. The van der Waals surface area contributed by atoms with Gasteiger partial charge in [0.2, 0.25) is 0 Å². The van der Waals surface area contributed by atoms with Gasteiger partial charge in [-0.2, -0.15) is 0 Å². The van der Waals surface area contributed by atoms with Gasteiger partial charge < -0.3 is 9.47 Å². The quantitative estimate of drug-likeness (QED) is 0.390. The summed E-state index contributed by atoms with van der Waals surface area (Å²) in [6, 6.07) is 18.1. The molecule has 0 aliphatic heterocycles. The average molecular weight is 498 g/mol. The standard InChI is InChI=1S/C25H27N3O6S/c1-4-18-8-11-20(12-9-18)28-35(31,32)23-15-19(10-13-22(23)33-3)25(30)27-26-24(29)16-34-21-7-5-6-17(2)14-21/h5-15,28H,4,16H2,1-3H3,(H,26,29)(H,27,30). The Hall–Kier alpha value is -4.05. The molecule has 2 amide bonds. The number of ether oxygens (including phenoxy) is 2. The Balaban J connectivity index is 1.67. The SMILES string of the molecule is CCc1ccc(NS(=O)(=O)c2cc(C(=O)NNC(=O)COc3cccc(C)c3)ccc2OC)cc1. The molecule has 0 spiro atoms. The summed E-state index contributed by atoms with van der Waals surface area (Å²) < 4.78 is 39.1. The van der Waals surface area contributed by atoms with E-state index >= 15 is 0 Å². The number of carbonyl (C=O) groups is 2. The van der Waals surface area contributed by atoms with Crippen molar-refractivity contribution >= 4 is 27.5 Å². The molecule has 3 N–H and O–H groups in total. The number of hydrogen-bond donors (Lipinski definition) is 3. The zero-order valence-electron chi connectivity index (χ0n) is 19.6. The van der Waals surface area contributed by atoms with Gasteiger partial charge in [0.15, 0.2) is 6.61 Å². The third kappa shape index (κ3) is 6.97. The van der Waals surface area contributed by atoms with E-state index in [9.17, 15) is 18.0 Å². The van der Waals surface area contributed by atoms with Gasteiger partial charge in [-0.05, 0) is 66.9 Å². The lowest BCUT2D eigenvalue weighted by atomic mass is 10.2. The molecule has 3 aromatic carbocycles. The van der Waals surface area contributed by atoms with Gasteiger partial charge in [0.1, 0.15) is 16.4 Å². The zero-order chi connectivity index (χ0) is 25.4. The molecule has 0 saturated carbocycles. The molecule has 3 rings (SSSR count). The number of benzene rings is 3. The minimum Gasteiger partial charge on any atom is -0.495 e. The van der Waals surface area contributed by atoms with Crippen LogP contribution in [0.4, 0.5) is 5.69 Å². The number of anilines is 1. The number of aryl methyl sites for hydroxylation is 2. The van der Waals surface area contributed by atoms with Gasteiger partial charge in [-0.1, -0.05) is 31.2 Å². The van der Waals surface area contributed by atoms with Crippen molar-refractivity contribution < 1.29 is 27.5 Å². The molecule has 0 radical (unpaired) electrons. The van der Waals surface area contributed by atoms with Crippen molar-refractivity contribution in [3.8, 4) is 11.5 Å². The Labute approximate surface area is 204 Å². The summed E-state index contributed by atoms with van der Waals surface area (Å²) in [6.07, 6.45) is 0.826. The van der Waals surface area contributed by atoms with Crippen LogP contribution in [-0.2, 0) is 21.2 Å². The molecule has 9 nitrogen and oxygen atoms in total. The van der Waals surface area contributed by atoms with Crippen LogP contribution in [0.2, 0.25) is 0 Å². The molecule has 0 fully saturated rings. The van der Waals surface area contributed by atoms with Crippen molar-refractivity contribution in [2.75, 3.05) is 18.4 Å². The first-order chi connectivity index (χ1) is 16.7. The van der Waals surface area contributed by atoms with Gasteiger partial charge in [0.05, 0.1) is 7.11 Å². The summed E-state index contributed by atoms with van der Waals surface area (Å²) in [6.45, 7) is 3.58. The van der Waals surface area contributed by atoms with Gasteiger partial charge in [0, 0.05) is 11.3 Å². The first kappa shape index (κ1) is 25.6. The maximum Gasteiger partial charge on any atom is 0.276 e. The third-order valence-corrected chi connectivity index (χ3v) is 6.41. The van der Waals surface area contributed by atoms with Crippen LogP contribution in [0, 0.1) is 6.92 Å². The zero-order valence-corrected chi connectivity index (χ0v) is 20.4. The van der Waals surface area contributed by atoms with Crippen LogP contribution in [0.3, 0.4) is 0 Å². The Morgan fingerprint density at radius 3 is 2.34 bits per heavy atom. The number of rotatable bonds is 9. The van der Waals surface area contributed by atoms with Crippen LogP contribution in [0.25, 0.3) is 0 Å². The molecule has 0 aromatic heterocycles. The Morgan fingerprint density at radius 1 is 0.943 bits per heavy atom. The van der Waals surface area contributed by atoms with Crippen molar-refractivity contribution in [2.24, 2.45) is 0 Å². The summed E-state index contributed by atoms with van der Waals surface area (Å²) >= 11 is 0. The van der Waals surface area contributed by atoms with Gasteiger partial charge in [-0.15, -0.1) is 0 Å². The van der Waals surface area contributed by atoms with E-state index in [1.807, 2.05) is 32.0 Å². The van der Waals surface area contributed by atoms with E-state index in [2.05, 4.69) is 15.6 Å². The topological polar surface area (TPSA) is 123 Å². The second kappa shape index (κ2) is 11.4. The van der Waals surface area contributed by atoms with E-state index < -0.39 is 21.8 Å². The molecule has 0 saturated heterocycles. The van der Waals surface area contributed by atoms with Gasteiger partial charge >= 0.3 is 0 Å². The number of carbonyl (C=O) groups excluding carboxylic acids is 2. The van der Waals surface area contributed by atoms with Crippen molar-refractivity contribution in [3.63, 3.8) is 0 Å². The molecule has 3 aromatic rings. The molecule has 0 unspecified atom stereocenters. The van der Waals surface area contributed by atoms with Crippen LogP contribution < -0.4 is 25.0 Å². The maximum atomic E-state index is 13.0. The van der Waals surface area contributed by atoms with Crippen LogP contribution in [-0.4, -0.2) is 33.9 Å². The molecule has 0 heterocycles. The monoisotopic (exact) mass is 497 g/mol.